The number of unbranched alkanes of at least 4 members (excludes halogenated alkanes) is 1. The van der Waals surface area contributed by atoms with Crippen molar-refractivity contribution in [2.75, 3.05) is 26.2 Å². The molecule has 21 heavy (non-hydrogen) atoms. The Morgan fingerprint density at radius 1 is 0.952 bits per heavy atom. The van der Waals surface area contributed by atoms with Gasteiger partial charge < -0.3 is 4.90 Å². The predicted molar refractivity (Wildman–Crippen MR) is 89.6 cm³/mol. The van der Waals surface area contributed by atoms with Crippen LogP contribution in [0, 0.1) is 0 Å². The number of benzene rings is 1. The van der Waals surface area contributed by atoms with E-state index in [9.17, 15) is 4.79 Å². The van der Waals surface area contributed by atoms with Gasteiger partial charge in [0.1, 0.15) is 0 Å². The standard InChI is InChI=1S/C18H30N2O/c1-5-9-14-20(8-4)18(21)17-12-10-16(11-13-17)15-19(6-2)7-3/h10-13H,5-9,14-15H2,1-4H3. The van der Waals surface area contributed by atoms with E-state index in [1.165, 1.54) is 5.56 Å². The maximum Gasteiger partial charge on any atom is 0.253 e. The number of hydrogen-bond donors (Lipinski definition) is 0. The summed E-state index contributed by atoms with van der Waals surface area (Å²) in [7, 11) is 0. The Balaban J connectivity index is 2.69. The van der Waals surface area contributed by atoms with Crippen LogP contribution in [0.4, 0.5) is 0 Å². The molecule has 118 valence electrons. The quantitative estimate of drug-likeness (QED) is 0.691. The predicted octanol–water partition coefficient (Wildman–Crippen LogP) is 3.79. The lowest BCUT2D eigenvalue weighted by molar-refractivity contribution is 0.0762. The molecule has 0 heterocycles. The van der Waals surface area contributed by atoms with Crippen LogP contribution < -0.4 is 0 Å². The van der Waals surface area contributed by atoms with Gasteiger partial charge in [-0.05, 0) is 44.1 Å². The first-order valence-corrected chi connectivity index (χ1v) is 8.26. The Hall–Kier alpha value is -1.35. The zero-order valence-corrected chi connectivity index (χ0v) is 14.1. The maximum atomic E-state index is 12.4. The molecule has 0 aliphatic heterocycles. The van der Waals surface area contributed by atoms with Gasteiger partial charge in [-0.1, -0.05) is 39.3 Å². The van der Waals surface area contributed by atoms with Crippen molar-refractivity contribution in [3.8, 4) is 0 Å². The van der Waals surface area contributed by atoms with Gasteiger partial charge in [-0.2, -0.15) is 0 Å². The van der Waals surface area contributed by atoms with Gasteiger partial charge in [0.2, 0.25) is 0 Å². The number of carbonyl (C=O) groups is 1. The minimum absolute atomic E-state index is 0.153. The van der Waals surface area contributed by atoms with Crippen LogP contribution >= 0.6 is 0 Å². The van der Waals surface area contributed by atoms with Crippen LogP contribution in [0.15, 0.2) is 24.3 Å². The number of carbonyl (C=O) groups excluding carboxylic acids is 1. The second-order valence-corrected chi connectivity index (χ2v) is 5.40. The average molecular weight is 290 g/mol. The topological polar surface area (TPSA) is 23.6 Å². The molecule has 0 saturated heterocycles. The lowest BCUT2D eigenvalue weighted by atomic mass is 10.1. The highest BCUT2D eigenvalue weighted by Crippen LogP contribution is 2.10. The Morgan fingerprint density at radius 2 is 1.57 bits per heavy atom. The van der Waals surface area contributed by atoms with Crippen molar-refractivity contribution in [2.45, 2.75) is 47.1 Å². The van der Waals surface area contributed by atoms with Crippen LogP contribution in [0.3, 0.4) is 0 Å². The Morgan fingerprint density at radius 3 is 2.05 bits per heavy atom. The van der Waals surface area contributed by atoms with E-state index in [0.29, 0.717) is 0 Å². The van der Waals surface area contributed by atoms with E-state index < -0.39 is 0 Å². The van der Waals surface area contributed by atoms with Crippen molar-refractivity contribution in [2.24, 2.45) is 0 Å². The van der Waals surface area contributed by atoms with Crippen molar-refractivity contribution >= 4 is 5.91 Å². The molecule has 1 amide bonds. The third-order valence-electron chi connectivity index (χ3n) is 3.95. The monoisotopic (exact) mass is 290 g/mol. The lowest BCUT2D eigenvalue weighted by Crippen LogP contribution is -2.31. The van der Waals surface area contributed by atoms with Crippen molar-refractivity contribution in [1.82, 2.24) is 9.80 Å². The summed E-state index contributed by atoms with van der Waals surface area (Å²) in [6.07, 6.45) is 2.19. The number of amides is 1. The van der Waals surface area contributed by atoms with E-state index in [1.54, 1.807) is 0 Å². The van der Waals surface area contributed by atoms with E-state index in [4.69, 9.17) is 0 Å². The molecule has 1 rings (SSSR count). The molecule has 3 nitrogen and oxygen atoms in total. The molecule has 1 aromatic carbocycles. The molecular formula is C18H30N2O. The molecule has 0 saturated carbocycles. The summed E-state index contributed by atoms with van der Waals surface area (Å²) in [4.78, 5) is 16.7. The van der Waals surface area contributed by atoms with Crippen molar-refractivity contribution in [3.05, 3.63) is 35.4 Å². The molecule has 0 aromatic heterocycles. The van der Waals surface area contributed by atoms with Gasteiger partial charge in [0, 0.05) is 25.2 Å². The van der Waals surface area contributed by atoms with Gasteiger partial charge in [0.25, 0.3) is 5.91 Å². The Bertz CT molecular complexity index is 410. The average Bonchev–Trinajstić information content (AvgIpc) is 2.53. The van der Waals surface area contributed by atoms with Crippen molar-refractivity contribution < 1.29 is 4.79 Å². The Kier molecular flexibility index (Phi) is 8.06. The number of nitrogens with zero attached hydrogens (tertiary/aromatic N) is 2. The van der Waals surface area contributed by atoms with Crippen LogP contribution in [-0.4, -0.2) is 41.9 Å². The fraction of sp³-hybridized carbons (Fsp3) is 0.611. The van der Waals surface area contributed by atoms with Gasteiger partial charge in [-0.3, -0.25) is 9.69 Å². The normalized spacial score (nSPS) is 10.9. The summed E-state index contributed by atoms with van der Waals surface area (Å²) in [5.74, 6) is 0.153. The second-order valence-electron chi connectivity index (χ2n) is 5.40. The van der Waals surface area contributed by atoms with Crippen LogP contribution in [0.25, 0.3) is 0 Å². The van der Waals surface area contributed by atoms with Crippen molar-refractivity contribution in [3.63, 3.8) is 0 Å². The van der Waals surface area contributed by atoms with Gasteiger partial charge in [-0.25, -0.2) is 0 Å². The zero-order chi connectivity index (χ0) is 15.7. The molecule has 0 radical (unpaired) electrons. The molecule has 0 aliphatic rings. The third-order valence-corrected chi connectivity index (χ3v) is 3.95. The minimum Gasteiger partial charge on any atom is -0.339 e. The molecule has 0 fully saturated rings. The van der Waals surface area contributed by atoms with Gasteiger partial charge >= 0.3 is 0 Å². The summed E-state index contributed by atoms with van der Waals surface area (Å²) in [6, 6.07) is 8.10. The summed E-state index contributed by atoms with van der Waals surface area (Å²) in [5, 5.41) is 0. The van der Waals surface area contributed by atoms with Crippen LogP contribution in [0.5, 0.6) is 0 Å². The van der Waals surface area contributed by atoms with Crippen LogP contribution in [0.1, 0.15) is 56.5 Å². The maximum absolute atomic E-state index is 12.4. The fourth-order valence-corrected chi connectivity index (χ4v) is 2.39. The molecule has 0 spiro atoms. The smallest absolute Gasteiger partial charge is 0.253 e. The summed E-state index contributed by atoms with van der Waals surface area (Å²) in [5.41, 5.74) is 2.07. The molecule has 1 aromatic rings. The first-order valence-electron chi connectivity index (χ1n) is 8.26. The fourth-order valence-electron chi connectivity index (χ4n) is 2.39. The first kappa shape index (κ1) is 17.7. The molecule has 0 bridgehead atoms. The third kappa shape index (κ3) is 5.50. The van der Waals surface area contributed by atoms with Crippen LogP contribution in [0.2, 0.25) is 0 Å². The molecular weight excluding hydrogens is 260 g/mol. The number of rotatable bonds is 9. The molecule has 0 aliphatic carbocycles. The highest BCUT2D eigenvalue weighted by atomic mass is 16.2. The van der Waals surface area contributed by atoms with Gasteiger partial charge in [-0.15, -0.1) is 0 Å². The van der Waals surface area contributed by atoms with Gasteiger partial charge in [0.05, 0.1) is 0 Å². The second kappa shape index (κ2) is 9.56. The largest absolute Gasteiger partial charge is 0.339 e. The highest BCUT2D eigenvalue weighted by molar-refractivity contribution is 5.94. The molecule has 0 atom stereocenters. The molecule has 0 unspecified atom stereocenters. The summed E-state index contributed by atoms with van der Waals surface area (Å²) in [6.45, 7) is 13.2. The zero-order valence-electron chi connectivity index (χ0n) is 14.1. The number of hydrogen-bond acceptors (Lipinski definition) is 2. The van der Waals surface area contributed by atoms with Gasteiger partial charge in [0.15, 0.2) is 0 Å². The summed E-state index contributed by atoms with van der Waals surface area (Å²) < 4.78 is 0. The van der Waals surface area contributed by atoms with E-state index >= 15 is 0 Å². The van der Waals surface area contributed by atoms with E-state index in [0.717, 1.165) is 51.1 Å². The van der Waals surface area contributed by atoms with E-state index in [-0.39, 0.29) is 5.91 Å². The first-order chi connectivity index (χ1) is 10.2. The van der Waals surface area contributed by atoms with Crippen LogP contribution in [-0.2, 0) is 6.54 Å². The molecule has 0 N–H and O–H groups in total. The SMILES string of the molecule is CCCCN(CC)C(=O)c1ccc(CN(CC)CC)cc1. The minimum atomic E-state index is 0.153. The lowest BCUT2D eigenvalue weighted by Gasteiger charge is -2.21. The summed E-state index contributed by atoms with van der Waals surface area (Å²) >= 11 is 0. The Labute approximate surface area is 129 Å². The van der Waals surface area contributed by atoms with E-state index in [1.807, 2.05) is 24.0 Å². The van der Waals surface area contributed by atoms with Crippen molar-refractivity contribution in [1.29, 1.82) is 0 Å². The molecule has 3 heteroatoms. The highest BCUT2D eigenvalue weighted by Gasteiger charge is 2.13. The van der Waals surface area contributed by atoms with E-state index in [2.05, 4.69) is 37.8 Å².